The summed E-state index contributed by atoms with van der Waals surface area (Å²) in [6, 6.07) is 24.7. The van der Waals surface area contributed by atoms with Crippen LogP contribution in [0, 0.1) is 4.64 Å². The second kappa shape index (κ2) is 12.7. The highest BCUT2D eigenvalue weighted by atomic mass is 32.1. The van der Waals surface area contributed by atoms with Crippen molar-refractivity contribution in [1.82, 2.24) is 14.5 Å². The summed E-state index contributed by atoms with van der Waals surface area (Å²) in [7, 11) is 0. The van der Waals surface area contributed by atoms with Gasteiger partial charge in [-0.05, 0) is 36.4 Å². The predicted octanol–water partition coefficient (Wildman–Crippen LogP) is 4.72. The summed E-state index contributed by atoms with van der Waals surface area (Å²) in [6.45, 7) is -0.389. The number of hydrogen-bond acceptors (Lipinski definition) is 11. The van der Waals surface area contributed by atoms with Gasteiger partial charge in [0.15, 0.2) is 18.4 Å². The Morgan fingerprint density at radius 2 is 1.34 bits per heavy atom. The molecule has 6 rings (SSSR count). The fourth-order valence-electron chi connectivity index (χ4n) is 4.77. The third kappa shape index (κ3) is 5.93. The van der Waals surface area contributed by atoms with Crippen molar-refractivity contribution in [3.63, 3.8) is 0 Å². The SMILES string of the molecule is O=C(OCC1OC(n2c(=O)[nH]c(=S)c3ncsc32)C(OC(=O)c2ccccc2)C1OC(=O)c1ccccc1)c1ccccc1. The molecule has 0 radical (unpaired) electrons. The fourth-order valence-corrected chi connectivity index (χ4v) is 5.90. The standard InChI is InChI=1S/C31H23N3O8S2/c35-28(18-10-4-1-5-11-18)39-16-21-23(41-29(36)19-12-6-2-7-13-19)24(42-30(37)20-14-8-3-9-15-20)26(40-21)34-27-22(32-17-44-27)25(43)33-31(34)38/h1-15,17,21,23-24,26H,16H2,(H,33,38,43). The minimum atomic E-state index is -1.36. The molecule has 13 heteroatoms. The minimum Gasteiger partial charge on any atom is -0.459 e. The van der Waals surface area contributed by atoms with Crippen LogP contribution in [0.3, 0.4) is 0 Å². The average molecular weight is 630 g/mol. The van der Waals surface area contributed by atoms with Crippen molar-refractivity contribution in [3.05, 3.63) is 128 Å². The topological polar surface area (TPSA) is 139 Å². The highest BCUT2D eigenvalue weighted by Gasteiger charge is 2.52. The summed E-state index contributed by atoms with van der Waals surface area (Å²) in [6.07, 6.45) is -5.13. The van der Waals surface area contributed by atoms with E-state index in [2.05, 4.69) is 9.97 Å². The molecule has 1 fully saturated rings. The van der Waals surface area contributed by atoms with Crippen molar-refractivity contribution in [3.8, 4) is 0 Å². The number of carbonyl (C=O) groups excluding carboxylic acids is 3. The molecule has 0 amide bonds. The Morgan fingerprint density at radius 1 is 0.818 bits per heavy atom. The largest absolute Gasteiger partial charge is 0.459 e. The molecule has 3 heterocycles. The van der Waals surface area contributed by atoms with Gasteiger partial charge in [0.1, 0.15) is 27.7 Å². The van der Waals surface area contributed by atoms with E-state index in [9.17, 15) is 19.2 Å². The van der Waals surface area contributed by atoms with Crippen LogP contribution in [0.4, 0.5) is 0 Å². The normalized spacial score (nSPS) is 19.4. The van der Waals surface area contributed by atoms with Gasteiger partial charge in [0.2, 0.25) is 0 Å². The van der Waals surface area contributed by atoms with E-state index in [0.29, 0.717) is 15.9 Å². The first-order chi connectivity index (χ1) is 21.4. The quantitative estimate of drug-likeness (QED) is 0.146. The zero-order chi connectivity index (χ0) is 30.6. The molecule has 11 nitrogen and oxygen atoms in total. The number of H-pyrrole nitrogens is 1. The molecule has 1 saturated heterocycles. The van der Waals surface area contributed by atoms with E-state index >= 15 is 0 Å². The summed E-state index contributed by atoms with van der Waals surface area (Å²) >= 11 is 6.42. The number of ether oxygens (including phenoxy) is 4. The van der Waals surface area contributed by atoms with Crippen LogP contribution in [0.5, 0.6) is 0 Å². The monoisotopic (exact) mass is 629 g/mol. The third-order valence-electron chi connectivity index (χ3n) is 6.86. The van der Waals surface area contributed by atoms with Crippen LogP contribution < -0.4 is 5.69 Å². The molecule has 0 saturated carbocycles. The number of rotatable bonds is 8. The van der Waals surface area contributed by atoms with Gasteiger partial charge in [-0.1, -0.05) is 66.8 Å². The zero-order valence-corrected chi connectivity index (χ0v) is 24.4. The molecular formula is C31H23N3O8S2. The first-order valence-electron chi connectivity index (χ1n) is 13.4. The van der Waals surface area contributed by atoms with E-state index in [0.717, 1.165) is 11.3 Å². The zero-order valence-electron chi connectivity index (χ0n) is 22.7. The molecule has 0 aliphatic carbocycles. The molecule has 1 aliphatic rings. The Morgan fingerprint density at radius 3 is 1.91 bits per heavy atom. The van der Waals surface area contributed by atoms with Crippen LogP contribution in [0.1, 0.15) is 37.3 Å². The average Bonchev–Trinajstić information content (AvgIpc) is 3.67. The molecule has 5 aromatic rings. The van der Waals surface area contributed by atoms with Crippen LogP contribution >= 0.6 is 23.6 Å². The highest BCUT2D eigenvalue weighted by Crippen LogP contribution is 2.36. The summed E-state index contributed by atoms with van der Waals surface area (Å²) < 4.78 is 25.0. The van der Waals surface area contributed by atoms with Gasteiger partial charge in [0, 0.05) is 0 Å². The number of aromatic nitrogens is 3. The Kier molecular flexibility index (Phi) is 8.41. The van der Waals surface area contributed by atoms with E-state index in [-0.39, 0.29) is 22.4 Å². The molecule has 1 N–H and O–H groups in total. The van der Waals surface area contributed by atoms with E-state index in [1.54, 1.807) is 91.0 Å². The first kappa shape index (κ1) is 29.1. The summed E-state index contributed by atoms with van der Waals surface area (Å²) in [4.78, 5) is 60.0. The fraction of sp³-hybridized carbons (Fsp3) is 0.161. The van der Waals surface area contributed by atoms with Gasteiger partial charge in [-0.25, -0.2) is 24.2 Å². The van der Waals surface area contributed by atoms with Crippen molar-refractivity contribution in [2.24, 2.45) is 0 Å². The lowest BCUT2D eigenvalue weighted by atomic mass is 10.1. The molecule has 44 heavy (non-hydrogen) atoms. The van der Waals surface area contributed by atoms with Crippen LogP contribution in [0.25, 0.3) is 10.3 Å². The number of aromatic amines is 1. The number of hydrogen-bond donors (Lipinski definition) is 1. The van der Waals surface area contributed by atoms with Gasteiger partial charge in [-0.15, -0.1) is 11.3 Å². The molecule has 0 bridgehead atoms. The number of carbonyl (C=O) groups is 3. The lowest BCUT2D eigenvalue weighted by Gasteiger charge is -2.25. The lowest BCUT2D eigenvalue weighted by Crippen LogP contribution is -2.42. The number of benzene rings is 3. The number of esters is 3. The first-order valence-corrected chi connectivity index (χ1v) is 14.7. The van der Waals surface area contributed by atoms with E-state index in [1.165, 1.54) is 10.1 Å². The lowest BCUT2D eigenvalue weighted by molar-refractivity contribution is -0.0618. The molecule has 3 aromatic carbocycles. The number of nitrogens with one attached hydrogen (secondary N) is 1. The molecule has 0 spiro atoms. The van der Waals surface area contributed by atoms with Crippen LogP contribution in [-0.4, -0.2) is 57.4 Å². The van der Waals surface area contributed by atoms with Crippen LogP contribution in [0.2, 0.25) is 0 Å². The number of fused-ring (bicyclic) bond motifs is 1. The van der Waals surface area contributed by atoms with Gasteiger partial charge >= 0.3 is 23.6 Å². The van der Waals surface area contributed by atoms with Gasteiger partial charge in [0.25, 0.3) is 0 Å². The van der Waals surface area contributed by atoms with E-state index < -0.39 is 48.1 Å². The van der Waals surface area contributed by atoms with E-state index in [1.807, 2.05) is 0 Å². The van der Waals surface area contributed by atoms with Gasteiger partial charge in [-0.3, -0.25) is 9.55 Å². The predicted molar refractivity (Wildman–Crippen MR) is 161 cm³/mol. The Labute approximate surface area is 258 Å². The second-order valence-corrected chi connectivity index (χ2v) is 10.9. The van der Waals surface area contributed by atoms with Crippen molar-refractivity contribution < 1.29 is 33.3 Å². The summed E-state index contributed by atoms with van der Waals surface area (Å²) in [5, 5.41) is 0. The number of thiazole rings is 1. The van der Waals surface area contributed by atoms with Crippen molar-refractivity contribution >= 4 is 51.8 Å². The Hall–Kier alpha value is -4.98. The number of nitrogens with zero attached hydrogens (tertiary/aromatic N) is 2. The van der Waals surface area contributed by atoms with Gasteiger partial charge in [-0.2, -0.15) is 0 Å². The van der Waals surface area contributed by atoms with Crippen LogP contribution in [0.15, 0.2) is 101 Å². The molecule has 1 aliphatic heterocycles. The van der Waals surface area contributed by atoms with Crippen LogP contribution in [-0.2, 0) is 18.9 Å². The van der Waals surface area contributed by atoms with Crippen molar-refractivity contribution in [1.29, 1.82) is 0 Å². The molecule has 222 valence electrons. The smallest absolute Gasteiger partial charge is 0.338 e. The maximum atomic E-state index is 13.4. The van der Waals surface area contributed by atoms with Crippen molar-refractivity contribution in [2.45, 2.75) is 24.5 Å². The summed E-state index contributed by atoms with van der Waals surface area (Å²) in [5.74, 6) is -2.12. The van der Waals surface area contributed by atoms with Gasteiger partial charge < -0.3 is 18.9 Å². The summed E-state index contributed by atoms with van der Waals surface area (Å²) in [5.41, 5.74) is 1.93. The molecule has 4 unspecified atom stereocenters. The Balaban J connectivity index is 1.41. The Bertz CT molecular complexity index is 1930. The minimum absolute atomic E-state index is 0.124. The van der Waals surface area contributed by atoms with Crippen molar-refractivity contribution in [2.75, 3.05) is 6.61 Å². The maximum absolute atomic E-state index is 13.4. The maximum Gasteiger partial charge on any atom is 0.338 e. The second-order valence-electron chi connectivity index (χ2n) is 9.64. The third-order valence-corrected chi connectivity index (χ3v) is 7.97. The molecule has 4 atom stereocenters. The molecular weight excluding hydrogens is 606 g/mol. The van der Waals surface area contributed by atoms with Gasteiger partial charge in [0.05, 0.1) is 22.2 Å². The van der Waals surface area contributed by atoms with E-state index in [4.69, 9.17) is 31.2 Å². The highest BCUT2D eigenvalue weighted by molar-refractivity contribution is 7.71. The molecule has 2 aromatic heterocycles.